The normalized spacial score (nSPS) is 12.3. The van der Waals surface area contributed by atoms with Crippen molar-refractivity contribution in [2.45, 2.75) is 15.8 Å². The van der Waals surface area contributed by atoms with Gasteiger partial charge in [-0.1, -0.05) is 46.1 Å². The van der Waals surface area contributed by atoms with Gasteiger partial charge in [-0.25, -0.2) is 13.4 Å². The third-order valence-electron chi connectivity index (χ3n) is 3.32. The molecule has 4 nitrogen and oxygen atoms in total. The predicted molar refractivity (Wildman–Crippen MR) is 101 cm³/mol. The van der Waals surface area contributed by atoms with E-state index in [9.17, 15) is 8.42 Å². The molecule has 23 heavy (non-hydrogen) atoms. The molecule has 122 valence electrons. The van der Waals surface area contributed by atoms with Gasteiger partial charge < -0.3 is 4.74 Å². The Labute approximate surface area is 155 Å². The van der Waals surface area contributed by atoms with Crippen LogP contribution in [0.1, 0.15) is 12.5 Å². The summed E-state index contributed by atoms with van der Waals surface area (Å²) in [6, 6.07) is 3.18. The van der Waals surface area contributed by atoms with E-state index in [0.717, 1.165) is 11.3 Å². The largest absolute Gasteiger partial charge is 0.494 e. The van der Waals surface area contributed by atoms with E-state index in [2.05, 4.69) is 4.98 Å². The van der Waals surface area contributed by atoms with Gasteiger partial charge in [-0.3, -0.25) is 0 Å². The maximum Gasteiger partial charge on any atom is 0.210 e. The lowest BCUT2D eigenvalue weighted by molar-refractivity contribution is 0.336. The van der Waals surface area contributed by atoms with E-state index in [1.54, 1.807) is 19.1 Å². The third-order valence-corrected chi connectivity index (χ3v) is 8.05. The molecule has 1 aromatic carbocycles. The minimum Gasteiger partial charge on any atom is -0.494 e. The lowest BCUT2D eigenvalue weighted by atomic mass is 9.65. The molecule has 0 aliphatic rings. The van der Waals surface area contributed by atoms with Gasteiger partial charge in [0.1, 0.15) is 25.8 Å². The van der Waals surface area contributed by atoms with Gasteiger partial charge in [-0.2, -0.15) is 0 Å². The third kappa shape index (κ3) is 3.37. The standard InChI is InChI=1S/C12H12B2Cl3NO3S2/c1-2-21-7-4-3-6(15)10(17)9(7)12(13,14)23(19,20)11-18-5-8(16)22-11/h3-5H,2,13-14H2,1H3. The van der Waals surface area contributed by atoms with Gasteiger partial charge in [0, 0.05) is 10.1 Å². The summed E-state index contributed by atoms with van der Waals surface area (Å²) in [5.74, 6) is 0.373. The smallest absolute Gasteiger partial charge is 0.210 e. The predicted octanol–water partition coefficient (Wildman–Crippen LogP) is 2.35. The summed E-state index contributed by atoms with van der Waals surface area (Å²) in [6.07, 6.45) is 1.30. The first-order valence-electron chi connectivity index (χ1n) is 6.60. The van der Waals surface area contributed by atoms with E-state index in [0.29, 0.717) is 22.3 Å². The van der Waals surface area contributed by atoms with E-state index >= 15 is 0 Å². The zero-order valence-electron chi connectivity index (χ0n) is 12.6. The molecule has 0 atom stereocenters. The molecule has 0 N–H and O–H groups in total. The lowest BCUT2D eigenvalue weighted by Gasteiger charge is -2.28. The number of halogens is 3. The number of benzene rings is 1. The van der Waals surface area contributed by atoms with Crippen molar-refractivity contribution in [1.29, 1.82) is 0 Å². The first kappa shape index (κ1) is 18.9. The van der Waals surface area contributed by atoms with Crippen molar-refractivity contribution < 1.29 is 13.2 Å². The SMILES string of the molecule is BC(B)(c1c(OCC)ccc(Cl)c1Cl)S(=O)(=O)c1ncc(Cl)s1. The van der Waals surface area contributed by atoms with Gasteiger partial charge in [0.05, 0.1) is 22.8 Å². The van der Waals surface area contributed by atoms with Crippen LogP contribution < -0.4 is 4.74 Å². The summed E-state index contributed by atoms with van der Waals surface area (Å²) in [5, 5.41) is 0.402. The number of hydrogen-bond donors (Lipinski definition) is 0. The van der Waals surface area contributed by atoms with Crippen LogP contribution in [0.2, 0.25) is 14.4 Å². The van der Waals surface area contributed by atoms with Crippen molar-refractivity contribution in [3.8, 4) is 5.75 Å². The Morgan fingerprint density at radius 1 is 1.30 bits per heavy atom. The molecular formula is C12H12B2Cl3NO3S2. The van der Waals surface area contributed by atoms with E-state index < -0.39 is 14.4 Å². The molecule has 0 aliphatic heterocycles. The summed E-state index contributed by atoms with van der Waals surface area (Å²) < 4.78 is 30.4. The van der Waals surface area contributed by atoms with Crippen molar-refractivity contribution in [3.05, 3.63) is 38.3 Å². The van der Waals surface area contributed by atoms with E-state index in [-0.39, 0.29) is 14.4 Å². The van der Waals surface area contributed by atoms with Crippen LogP contribution in [0.15, 0.2) is 22.7 Å². The molecular weight excluding hydrogens is 398 g/mol. The highest BCUT2D eigenvalue weighted by Gasteiger charge is 2.43. The van der Waals surface area contributed by atoms with E-state index in [1.807, 2.05) is 0 Å². The fraction of sp³-hybridized carbons (Fsp3) is 0.250. The molecule has 0 saturated carbocycles. The first-order valence-corrected chi connectivity index (χ1v) is 10.0. The zero-order valence-corrected chi connectivity index (χ0v) is 16.5. The molecule has 11 heteroatoms. The van der Waals surface area contributed by atoms with Gasteiger partial charge >= 0.3 is 0 Å². The van der Waals surface area contributed by atoms with Crippen molar-refractivity contribution >= 4 is 71.7 Å². The fourth-order valence-corrected chi connectivity index (χ4v) is 5.91. The number of ether oxygens (including phenoxy) is 1. The summed E-state index contributed by atoms with van der Waals surface area (Å²) in [6.45, 7) is 2.17. The van der Waals surface area contributed by atoms with Crippen LogP contribution in [0.3, 0.4) is 0 Å². The Kier molecular flexibility index (Phi) is 5.63. The number of hydrogen-bond acceptors (Lipinski definition) is 5. The van der Waals surface area contributed by atoms with Crippen LogP contribution in [-0.4, -0.2) is 35.7 Å². The molecule has 0 amide bonds. The average molecular weight is 410 g/mol. The molecule has 0 bridgehead atoms. The molecule has 0 radical (unpaired) electrons. The molecule has 0 spiro atoms. The highest BCUT2D eigenvalue weighted by atomic mass is 35.5. The second-order valence-electron chi connectivity index (χ2n) is 5.11. The molecule has 1 heterocycles. The van der Waals surface area contributed by atoms with Crippen LogP contribution in [0, 0.1) is 0 Å². The number of thiazole rings is 1. The van der Waals surface area contributed by atoms with Crippen LogP contribution in [0.5, 0.6) is 5.75 Å². The van der Waals surface area contributed by atoms with Crippen molar-refractivity contribution in [2.24, 2.45) is 0 Å². The number of aromatic nitrogens is 1. The molecule has 2 rings (SSSR count). The minimum absolute atomic E-state index is 0.0778. The molecule has 0 saturated heterocycles. The van der Waals surface area contributed by atoms with Gasteiger partial charge in [-0.05, 0) is 19.1 Å². The summed E-state index contributed by atoms with van der Waals surface area (Å²) in [5.41, 5.74) is 0.305. The first-order chi connectivity index (χ1) is 10.6. The number of nitrogens with zero attached hydrogens (tertiary/aromatic N) is 1. The van der Waals surface area contributed by atoms with Gasteiger partial charge in [-0.15, -0.1) is 0 Å². The summed E-state index contributed by atoms with van der Waals surface area (Å²) in [7, 11) is -0.772. The van der Waals surface area contributed by atoms with Crippen molar-refractivity contribution in [1.82, 2.24) is 4.98 Å². The Hall–Kier alpha value is -0.400. The topological polar surface area (TPSA) is 56.3 Å². The zero-order chi connectivity index (χ0) is 17.4. The maximum absolute atomic E-state index is 13.0. The minimum atomic E-state index is -3.85. The van der Waals surface area contributed by atoms with Crippen molar-refractivity contribution in [3.63, 3.8) is 0 Å². The highest BCUT2D eigenvalue weighted by Crippen LogP contribution is 2.43. The highest BCUT2D eigenvalue weighted by molar-refractivity contribution is 7.96. The number of sulfone groups is 1. The van der Waals surface area contributed by atoms with Crippen LogP contribution in [0.4, 0.5) is 0 Å². The average Bonchev–Trinajstić information content (AvgIpc) is 2.90. The monoisotopic (exact) mass is 409 g/mol. The maximum atomic E-state index is 13.0. The van der Waals surface area contributed by atoms with E-state index in [4.69, 9.17) is 39.5 Å². The molecule has 1 aromatic heterocycles. The second-order valence-corrected chi connectivity index (χ2v) is 10.2. The number of rotatable bonds is 5. The van der Waals surface area contributed by atoms with Gasteiger partial charge in [0.2, 0.25) is 4.34 Å². The van der Waals surface area contributed by atoms with Crippen LogP contribution in [-0.2, 0) is 14.4 Å². The van der Waals surface area contributed by atoms with Crippen molar-refractivity contribution in [2.75, 3.05) is 6.61 Å². The molecule has 0 fully saturated rings. The Morgan fingerprint density at radius 2 is 1.96 bits per heavy atom. The quantitative estimate of drug-likeness (QED) is 0.711. The Bertz CT molecular complexity index is 840. The van der Waals surface area contributed by atoms with Gasteiger partial charge in [0.15, 0.2) is 9.84 Å². The molecule has 2 aromatic rings. The summed E-state index contributed by atoms with van der Waals surface area (Å²) in [4.78, 5) is 3.89. The van der Waals surface area contributed by atoms with Gasteiger partial charge in [0.25, 0.3) is 0 Å². The second kappa shape index (κ2) is 6.84. The Balaban J connectivity index is 2.70. The Morgan fingerprint density at radius 3 is 2.48 bits per heavy atom. The molecule has 0 unspecified atom stereocenters. The molecule has 0 aliphatic carbocycles. The fourth-order valence-electron chi connectivity index (χ4n) is 2.09. The summed E-state index contributed by atoms with van der Waals surface area (Å²) >= 11 is 19.1. The van der Waals surface area contributed by atoms with E-state index in [1.165, 1.54) is 21.9 Å². The van der Waals surface area contributed by atoms with Crippen LogP contribution in [0.25, 0.3) is 0 Å². The lowest BCUT2D eigenvalue weighted by Crippen LogP contribution is -2.38. The van der Waals surface area contributed by atoms with Crippen LogP contribution >= 0.6 is 46.1 Å².